The SMILES string of the molecule is CC(=O)CNCCC(N)=O. The van der Waals surface area contributed by atoms with Crippen LogP contribution in [0.1, 0.15) is 13.3 Å². The molecule has 58 valence electrons. The number of ketones is 1. The summed E-state index contributed by atoms with van der Waals surface area (Å²) in [4.78, 5) is 20.5. The van der Waals surface area contributed by atoms with E-state index in [0.717, 1.165) is 0 Å². The molecular weight excluding hydrogens is 132 g/mol. The minimum Gasteiger partial charge on any atom is -0.370 e. The molecule has 0 radical (unpaired) electrons. The maximum Gasteiger partial charge on any atom is 0.218 e. The number of rotatable bonds is 5. The number of hydrogen-bond acceptors (Lipinski definition) is 3. The number of hydrogen-bond donors (Lipinski definition) is 2. The number of primary amides is 1. The Morgan fingerprint density at radius 3 is 2.50 bits per heavy atom. The molecule has 0 unspecified atom stereocenters. The summed E-state index contributed by atoms with van der Waals surface area (Å²) in [6.07, 6.45) is 0.285. The van der Waals surface area contributed by atoms with Gasteiger partial charge >= 0.3 is 0 Å². The van der Waals surface area contributed by atoms with Crippen molar-refractivity contribution in [3.8, 4) is 0 Å². The predicted octanol–water partition coefficient (Wildman–Crippen LogP) is -0.960. The Kier molecular flexibility index (Phi) is 4.49. The summed E-state index contributed by atoms with van der Waals surface area (Å²) in [5, 5.41) is 2.77. The second kappa shape index (κ2) is 4.93. The molecule has 0 rings (SSSR count). The van der Waals surface area contributed by atoms with Crippen molar-refractivity contribution in [2.24, 2.45) is 5.73 Å². The van der Waals surface area contributed by atoms with E-state index in [0.29, 0.717) is 13.1 Å². The molecule has 4 nitrogen and oxygen atoms in total. The number of carbonyl (C=O) groups excluding carboxylic acids is 2. The maximum atomic E-state index is 10.3. The van der Waals surface area contributed by atoms with Gasteiger partial charge in [-0.2, -0.15) is 0 Å². The monoisotopic (exact) mass is 144 g/mol. The van der Waals surface area contributed by atoms with Gasteiger partial charge in [0.2, 0.25) is 5.91 Å². The maximum absolute atomic E-state index is 10.3. The number of nitrogens with two attached hydrogens (primary N) is 1. The fourth-order valence-electron chi connectivity index (χ4n) is 0.476. The molecular formula is C6H12N2O2. The zero-order valence-electron chi connectivity index (χ0n) is 6.02. The molecule has 4 heteroatoms. The molecule has 0 bridgehead atoms. The molecule has 1 amide bonds. The minimum atomic E-state index is -0.351. The van der Waals surface area contributed by atoms with Crippen molar-refractivity contribution in [2.45, 2.75) is 13.3 Å². The van der Waals surface area contributed by atoms with Crippen molar-refractivity contribution in [1.82, 2.24) is 5.32 Å². The van der Waals surface area contributed by atoms with Gasteiger partial charge in [0.1, 0.15) is 5.78 Å². The largest absolute Gasteiger partial charge is 0.370 e. The summed E-state index contributed by atoms with van der Waals surface area (Å²) in [5.41, 5.74) is 4.85. The summed E-state index contributed by atoms with van der Waals surface area (Å²) in [6, 6.07) is 0. The van der Waals surface area contributed by atoms with Crippen molar-refractivity contribution in [3.63, 3.8) is 0 Å². The number of amides is 1. The third-order valence-corrected chi connectivity index (χ3v) is 0.922. The first-order chi connectivity index (χ1) is 4.63. The highest BCUT2D eigenvalue weighted by Gasteiger charge is 1.94. The van der Waals surface area contributed by atoms with Crippen molar-refractivity contribution < 1.29 is 9.59 Å². The van der Waals surface area contributed by atoms with Gasteiger partial charge in [-0.3, -0.25) is 9.59 Å². The predicted molar refractivity (Wildman–Crippen MR) is 37.4 cm³/mol. The number of Topliss-reactive ketones (excluding diaryl/α,β-unsaturated/α-hetero) is 1. The van der Waals surface area contributed by atoms with Gasteiger partial charge in [-0.1, -0.05) is 0 Å². The van der Waals surface area contributed by atoms with Crippen LogP contribution in [0.3, 0.4) is 0 Å². The van der Waals surface area contributed by atoms with Crippen LogP contribution in [-0.2, 0) is 9.59 Å². The summed E-state index contributed by atoms with van der Waals surface area (Å²) in [6.45, 7) is 2.28. The molecule has 0 aromatic heterocycles. The Morgan fingerprint density at radius 2 is 2.10 bits per heavy atom. The molecule has 0 atom stereocenters. The van der Waals surface area contributed by atoms with Crippen LogP contribution in [-0.4, -0.2) is 24.8 Å². The Hall–Kier alpha value is -0.900. The van der Waals surface area contributed by atoms with Gasteiger partial charge in [0.15, 0.2) is 0 Å². The van der Waals surface area contributed by atoms with Crippen molar-refractivity contribution in [1.29, 1.82) is 0 Å². The molecule has 0 aliphatic rings. The van der Waals surface area contributed by atoms with E-state index in [4.69, 9.17) is 5.73 Å². The highest BCUT2D eigenvalue weighted by atomic mass is 16.1. The van der Waals surface area contributed by atoms with Gasteiger partial charge in [0.05, 0.1) is 6.54 Å². The van der Waals surface area contributed by atoms with E-state index in [-0.39, 0.29) is 18.1 Å². The lowest BCUT2D eigenvalue weighted by Gasteiger charge is -1.97. The van der Waals surface area contributed by atoms with Crippen LogP contribution in [0.5, 0.6) is 0 Å². The van der Waals surface area contributed by atoms with E-state index in [2.05, 4.69) is 5.32 Å². The fraction of sp³-hybridized carbons (Fsp3) is 0.667. The van der Waals surface area contributed by atoms with Crippen LogP contribution in [0.4, 0.5) is 0 Å². The van der Waals surface area contributed by atoms with Crippen LogP contribution >= 0.6 is 0 Å². The van der Waals surface area contributed by atoms with Crippen LogP contribution in [0, 0.1) is 0 Å². The second-order valence-electron chi connectivity index (χ2n) is 2.10. The Bertz CT molecular complexity index is 118. The zero-order valence-corrected chi connectivity index (χ0v) is 6.02. The molecule has 0 spiro atoms. The van der Waals surface area contributed by atoms with Crippen molar-refractivity contribution >= 4 is 11.7 Å². The van der Waals surface area contributed by atoms with Crippen LogP contribution in [0.25, 0.3) is 0 Å². The van der Waals surface area contributed by atoms with E-state index >= 15 is 0 Å². The summed E-state index contributed by atoms with van der Waals surface area (Å²) < 4.78 is 0. The minimum absolute atomic E-state index is 0.0597. The van der Waals surface area contributed by atoms with Gasteiger partial charge in [-0.25, -0.2) is 0 Å². The van der Waals surface area contributed by atoms with E-state index in [1.165, 1.54) is 6.92 Å². The van der Waals surface area contributed by atoms with Crippen molar-refractivity contribution in [2.75, 3.05) is 13.1 Å². The lowest BCUT2D eigenvalue weighted by Crippen LogP contribution is -2.25. The Balaban J connectivity index is 3.06. The second-order valence-corrected chi connectivity index (χ2v) is 2.10. The fourth-order valence-corrected chi connectivity index (χ4v) is 0.476. The van der Waals surface area contributed by atoms with E-state index in [1.807, 2.05) is 0 Å². The molecule has 0 aromatic carbocycles. The highest BCUT2D eigenvalue weighted by molar-refractivity contribution is 5.77. The number of carbonyl (C=O) groups is 2. The molecule has 0 heterocycles. The highest BCUT2D eigenvalue weighted by Crippen LogP contribution is 1.72. The third kappa shape index (κ3) is 7.10. The molecule has 0 saturated heterocycles. The molecule has 0 fully saturated rings. The lowest BCUT2D eigenvalue weighted by atomic mass is 10.4. The summed E-state index contributed by atoms with van der Waals surface area (Å²) in [5.74, 6) is -0.291. The first-order valence-corrected chi connectivity index (χ1v) is 3.11. The van der Waals surface area contributed by atoms with E-state index in [1.54, 1.807) is 0 Å². The van der Waals surface area contributed by atoms with E-state index in [9.17, 15) is 9.59 Å². The third-order valence-electron chi connectivity index (χ3n) is 0.922. The first-order valence-electron chi connectivity index (χ1n) is 3.11. The number of nitrogens with one attached hydrogen (secondary N) is 1. The molecule has 0 aliphatic carbocycles. The summed E-state index contributed by atoms with van der Waals surface area (Å²) >= 11 is 0. The topological polar surface area (TPSA) is 72.2 Å². The molecule has 0 aromatic rings. The Labute approximate surface area is 59.8 Å². The molecule has 10 heavy (non-hydrogen) atoms. The first kappa shape index (κ1) is 9.10. The van der Waals surface area contributed by atoms with E-state index < -0.39 is 0 Å². The molecule has 0 saturated carbocycles. The van der Waals surface area contributed by atoms with Gasteiger partial charge in [-0.05, 0) is 6.92 Å². The van der Waals surface area contributed by atoms with Gasteiger partial charge in [-0.15, -0.1) is 0 Å². The van der Waals surface area contributed by atoms with Gasteiger partial charge < -0.3 is 11.1 Å². The zero-order chi connectivity index (χ0) is 7.98. The molecule has 3 N–H and O–H groups in total. The van der Waals surface area contributed by atoms with Crippen molar-refractivity contribution in [3.05, 3.63) is 0 Å². The standard InChI is InChI=1S/C6H12N2O2/c1-5(9)4-8-3-2-6(7)10/h8H,2-4H2,1H3,(H2,7,10). The lowest BCUT2D eigenvalue weighted by molar-refractivity contribution is -0.119. The van der Waals surface area contributed by atoms with Gasteiger partial charge in [0, 0.05) is 13.0 Å². The van der Waals surface area contributed by atoms with Gasteiger partial charge in [0.25, 0.3) is 0 Å². The smallest absolute Gasteiger partial charge is 0.218 e. The van der Waals surface area contributed by atoms with Crippen LogP contribution in [0.2, 0.25) is 0 Å². The average molecular weight is 144 g/mol. The summed E-state index contributed by atoms with van der Waals surface area (Å²) in [7, 11) is 0. The quantitative estimate of drug-likeness (QED) is 0.488. The van der Waals surface area contributed by atoms with Crippen LogP contribution < -0.4 is 11.1 Å². The molecule has 0 aliphatic heterocycles. The van der Waals surface area contributed by atoms with Crippen LogP contribution in [0.15, 0.2) is 0 Å². The Morgan fingerprint density at radius 1 is 1.50 bits per heavy atom. The normalized spacial score (nSPS) is 9.30. The average Bonchev–Trinajstić information content (AvgIpc) is 1.79.